The van der Waals surface area contributed by atoms with Crippen molar-refractivity contribution in [3.63, 3.8) is 0 Å². The van der Waals surface area contributed by atoms with Crippen LogP contribution in [-0.4, -0.2) is 41.4 Å². The number of ether oxygens (including phenoxy) is 3. The summed E-state index contributed by atoms with van der Waals surface area (Å²) in [5.74, 6) is -0.861. The number of anilines is 1. The number of hydrogen-bond donors (Lipinski definition) is 1. The molecule has 3 rings (SSSR count). The highest BCUT2D eigenvalue weighted by atomic mass is 32.1. The van der Waals surface area contributed by atoms with Gasteiger partial charge in [-0.15, -0.1) is 24.5 Å². The first-order valence-corrected chi connectivity index (χ1v) is 8.74. The standard InChI is InChI=1S/C17H13F3N4O4S/c1-26-14-12(15(27-2)22-8-21-14)13(25)24-16-23-11(7-29-16)9-3-5-10(6-4-9)28-17(18,19)20/h3-8H,1-2H3,(H,23,24,25). The molecule has 12 heteroatoms. The molecule has 0 atom stereocenters. The van der Waals surface area contributed by atoms with Crippen molar-refractivity contribution in [3.8, 4) is 28.8 Å². The van der Waals surface area contributed by atoms with Crippen molar-refractivity contribution < 1.29 is 32.2 Å². The lowest BCUT2D eigenvalue weighted by atomic mass is 10.2. The number of methoxy groups -OCH3 is 2. The molecule has 2 heterocycles. The number of thiazole rings is 1. The fraction of sp³-hybridized carbons (Fsp3) is 0.176. The van der Waals surface area contributed by atoms with Crippen molar-refractivity contribution in [2.45, 2.75) is 6.36 Å². The van der Waals surface area contributed by atoms with Gasteiger partial charge in [0.1, 0.15) is 12.1 Å². The van der Waals surface area contributed by atoms with Crippen molar-refractivity contribution in [3.05, 3.63) is 41.5 Å². The summed E-state index contributed by atoms with van der Waals surface area (Å²) in [6.07, 6.45) is -3.56. The number of carbonyl (C=O) groups excluding carboxylic acids is 1. The van der Waals surface area contributed by atoms with E-state index in [-0.39, 0.29) is 28.2 Å². The highest BCUT2D eigenvalue weighted by molar-refractivity contribution is 7.14. The summed E-state index contributed by atoms with van der Waals surface area (Å²) in [7, 11) is 2.71. The second-order valence-corrected chi connectivity index (χ2v) is 6.19. The molecule has 152 valence electrons. The van der Waals surface area contributed by atoms with Crippen LogP contribution in [0, 0.1) is 0 Å². The molecule has 0 aliphatic carbocycles. The highest BCUT2D eigenvalue weighted by Gasteiger charge is 2.31. The lowest BCUT2D eigenvalue weighted by Crippen LogP contribution is -2.16. The zero-order valence-electron chi connectivity index (χ0n) is 15.0. The lowest BCUT2D eigenvalue weighted by molar-refractivity contribution is -0.274. The fourth-order valence-corrected chi connectivity index (χ4v) is 3.02. The number of halogens is 3. The number of alkyl halides is 3. The van der Waals surface area contributed by atoms with Crippen molar-refractivity contribution in [2.75, 3.05) is 19.5 Å². The summed E-state index contributed by atoms with van der Waals surface area (Å²) in [5.41, 5.74) is 1.02. The minimum Gasteiger partial charge on any atom is -0.480 e. The van der Waals surface area contributed by atoms with E-state index >= 15 is 0 Å². The molecule has 3 aromatic rings. The normalized spacial score (nSPS) is 11.1. The summed E-state index contributed by atoms with van der Waals surface area (Å²) < 4.78 is 50.7. The number of carbonyl (C=O) groups is 1. The smallest absolute Gasteiger partial charge is 0.480 e. The Morgan fingerprint density at radius 1 is 1.07 bits per heavy atom. The lowest BCUT2D eigenvalue weighted by Gasteiger charge is -2.09. The van der Waals surface area contributed by atoms with Crippen LogP contribution in [0.4, 0.5) is 18.3 Å². The summed E-state index contributed by atoms with van der Waals surface area (Å²) in [5, 5.41) is 4.50. The van der Waals surface area contributed by atoms with E-state index in [4.69, 9.17) is 9.47 Å². The van der Waals surface area contributed by atoms with E-state index in [1.54, 1.807) is 5.38 Å². The molecule has 0 saturated heterocycles. The Bertz CT molecular complexity index is 986. The van der Waals surface area contributed by atoms with E-state index in [0.717, 1.165) is 11.3 Å². The average molecular weight is 426 g/mol. The molecule has 0 bridgehead atoms. The van der Waals surface area contributed by atoms with Gasteiger partial charge in [-0.1, -0.05) is 0 Å². The summed E-state index contributed by atoms with van der Waals surface area (Å²) in [6, 6.07) is 5.21. The van der Waals surface area contributed by atoms with Gasteiger partial charge in [0.2, 0.25) is 11.8 Å². The fourth-order valence-electron chi connectivity index (χ4n) is 2.31. The molecular weight excluding hydrogens is 413 g/mol. The zero-order chi connectivity index (χ0) is 21.0. The van der Waals surface area contributed by atoms with E-state index < -0.39 is 12.3 Å². The van der Waals surface area contributed by atoms with Gasteiger partial charge >= 0.3 is 6.36 Å². The van der Waals surface area contributed by atoms with Gasteiger partial charge in [0.15, 0.2) is 10.7 Å². The van der Waals surface area contributed by atoms with E-state index in [1.165, 1.54) is 44.8 Å². The molecule has 0 saturated carbocycles. The van der Waals surface area contributed by atoms with Gasteiger partial charge in [0.05, 0.1) is 19.9 Å². The molecule has 2 aromatic heterocycles. The van der Waals surface area contributed by atoms with Crippen LogP contribution in [0.3, 0.4) is 0 Å². The largest absolute Gasteiger partial charge is 0.573 e. The molecule has 0 aliphatic rings. The molecule has 1 amide bonds. The molecule has 8 nitrogen and oxygen atoms in total. The molecule has 0 radical (unpaired) electrons. The maximum Gasteiger partial charge on any atom is 0.573 e. The molecule has 0 unspecified atom stereocenters. The van der Waals surface area contributed by atoms with Gasteiger partial charge in [-0.05, 0) is 24.3 Å². The van der Waals surface area contributed by atoms with Gasteiger partial charge in [0.25, 0.3) is 5.91 Å². The van der Waals surface area contributed by atoms with E-state index in [9.17, 15) is 18.0 Å². The van der Waals surface area contributed by atoms with Crippen LogP contribution in [0.5, 0.6) is 17.5 Å². The molecule has 0 fully saturated rings. The number of benzene rings is 1. The third-order valence-corrected chi connectivity index (χ3v) is 4.26. The Kier molecular flexibility index (Phi) is 5.82. The van der Waals surface area contributed by atoms with Crippen LogP contribution < -0.4 is 19.5 Å². The number of rotatable bonds is 6. The van der Waals surface area contributed by atoms with E-state index in [1.807, 2.05) is 0 Å². The second-order valence-electron chi connectivity index (χ2n) is 5.33. The van der Waals surface area contributed by atoms with Gasteiger partial charge in [0, 0.05) is 10.9 Å². The van der Waals surface area contributed by atoms with Crippen molar-refractivity contribution in [1.82, 2.24) is 15.0 Å². The number of aromatic nitrogens is 3. The number of amides is 1. The van der Waals surface area contributed by atoms with Crippen LogP contribution in [0.15, 0.2) is 36.0 Å². The molecule has 29 heavy (non-hydrogen) atoms. The Hall–Kier alpha value is -3.41. The first-order chi connectivity index (χ1) is 13.8. The Balaban J connectivity index is 1.77. The molecule has 0 spiro atoms. The average Bonchev–Trinajstić information content (AvgIpc) is 3.14. The minimum absolute atomic E-state index is 0.00269. The maximum absolute atomic E-state index is 12.6. The topological polar surface area (TPSA) is 95.5 Å². The zero-order valence-corrected chi connectivity index (χ0v) is 15.8. The molecule has 1 aromatic carbocycles. The third-order valence-electron chi connectivity index (χ3n) is 3.50. The summed E-state index contributed by atoms with van der Waals surface area (Å²) in [6.45, 7) is 0. The van der Waals surface area contributed by atoms with E-state index in [2.05, 4.69) is 25.0 Å². The highest BCUT2D eigenvalue weighted by Crippen LogP contribution is 2.30. The van der Waals surface area contributed by atoms with Gasteiger partial charge in [-0.3, -0.25) is 10.1 Å². The molecule has 1 N–H and O–H groups in total. The predicted octanol–water partition coefficient (Wildman–Crippen LogP) is 3.77. The minimum atomic E-state index is -4.76. The van der Waals surface area contributed by atoms with Gasteiger partial charge < -0.3 is 14.2 Å². The Morgan fingerprint density at radius 3 is 2.24 bits per heavy atom. The monoisotopic (exact) mass is 426 g/mol. The van der Waals surface area contributed by atoms with Crippen LogP contribution in [-0.2, 0) is 0 Å². The van der Waals surface area contributed by atoms with Crippen molar-refractivity contribution in [1.29, 1.82) is 0 Å². The van der Waals surface area contributed by atoms with Crippen LogP contribution in [0.25, 0.3) is 11.3 Å². The van der Waals surface area contributed by atoms with Gasteiger partial charge in [-0.25, -0.2) is 15.0 Å². The first-order valence-electron chi connectivity index (χ1n) is 7.86. The summed E-state index contributed by atoms with van der Waals surface area (Å²) in [4.78, 5) is 24.6. The van der Waals surface area contributed by atoms with Crippen LogP contribution >= 0.6 is 11.3 Å². The Labute approximate surface area is 166 Å². The second kappa shape index (κ2) is 8.31. The quantitative estimate of drug-likeness (QED) is 0.641. The van der Waals surface area contributed by atoms with Gasteiger partial charge in [-0.2, -0.15) is 0 Å². The van der Waals surface area contributed by atoms with Crippen molar-refractivity contribution >= 4 is 22.4 Å². The van der Waals surface area contributed by atoms with Crippen LogP contribution in [0.2, 0.25) is 0 Å². The first kappa shape index (κ1) is 20.3. The van der Waals surface area contributed by atoms with Crippen LogP contribution in [0.1, 0.15) is 10.4 Å². The van der Waals surface area contributed by atoms with Crippen molar-refractivity contribution in [2.24, 2.45) is 0 Å². The SMILES string of the molecule is COc1ncnc(OC)c1C(=O)Nc1nc(-c2ccc(OC(F)(F)F)cc2)cs1. The maximum atomic E-state index is 12.6. The number of hydrogen-bond acceptors (Lipinski definition) is 8. The summed E-state index contributed by atoms with van der Waals surface area (Å²) >= 11 is 1.13. The number of nitrogens with one attached hydrogen (secondary N) is 1. The number of nitrogens with zero attached hydrogens (tertiary/aromatic N) is 3. The molecular formula is C17H13F3N4O4S. The predicted molar refractivity (Wildman–Crippen MR) is 97.3 cm³/mol. The Morgan fingerprint density at radius 2 is 1.69 bits per heavy atom. The third kappa shape index (κ3) is 4.90. The molecule has 0 aliphatic heterocycles. The van der Waals surface area contributed by atoms with E-state index in [0.29, 0.717) is 11.3 Å².